The Labute approximate surface area is 166 Å². The molecule has 0 bridgehead atoms. The van der Waals surface area contributed by atoms with Crippen LogP contribution in [0.2, 0.25) is 5.02 Å². The number of carbonyl (C=O) groups is 2. The van der Waals surface area contributed by atoms with E-state index < -0.39 is 0 Å². The van der Waals surface area contributed by atoms with Gasteiger partial charge in [0.2, 0.25) is 11.8 Å². The molecule has 2 amide bonds. The van der Waals surface area contributed by atoms with E-state index in [-0.39, 0.29) is 24.2 Å². The SMILES string of the molecule is O=C(NC[C@@H]1CCCN2CCCC[C@H]12)C1CC(=O)N(c2cccc(Cl)c2)C1. The van der Waals surface area contributed by atoms with Crippen molar-refractivity contribution in [3.8, 4) is 0 Å². The van der Waals surface area contributed by atoms with Gasteiger partial charge < -0.3 is 15.1 Å². The van der Waals surface area contributed by atoms with E-state index in [1.54, 1.807) is 17.0 Å². The van der Waals surface area contributed by atoms with E-state index in [2.05, 4.69) is 10.2 Å². The standard InChI is InChI=1S/C21H28ClN3O2/c22-17-6-3-7-18(12-17)25-14-16(11-20(25)26)21(27)23-13-15-5-4-10-24-9-2-1-8-19(15)24/h3,6-7,12,15-16,19H,1-2,4-5,8-11,13-14H2,(H,23,27)/t15-,16?,19+/m0/s1. The predicted octanol–water partition coefficient (Wildman–Crippen LogP) is 3.07. The number of fused-ring (bicyclic) bond motifs is 1. The number of amides is 2. The first-order valence-electron chi connectivity index (χ1n) is 10.2. The predicted molar refractivity (Wildman–Crippen MR) is 107 cm³/mol. The number of hydrogen-bond donors (Lipinski definition) is 1. The van der Waals surface area contributed by atoms with Crippen LogP contribution < -0.4 is 10.2 Å². The normalized spacial score (nSPS) is 28.9. The third-order valence-corrected chi connectivity index (χ3v) is 6.62. The number of halogens is 1. The molecule has 0 aromatic heterocycles. The van der Waals surface area contributed by atoms with Crippen molar-refractivity contribution in [2.24, 2.45) is 11.8 Å². The largest absolute Gasteiger partial charge is 0.355 e. The highest BCUT2D eigenvalue weighted by Gasteiger charge is 2.37. The average molecular weight is 390 g/mol. The summed E-state index contributed by atoms with van der Waals surface area (Å²) in [4.78, 5) is 29.4. The summed E-state index contributed by atoms with van der Waals surface area (Å²) in [6.07, 6.45) is 6.56. The number of anilines is 1. The fourth-order valence-electron chi connectivity index (χ4n) is 4.97. The minimum absolute atomic E-state index is 0.00598. The average Bonchev–Trinajstić information content (AvgIpc) is 3.08. The summed E-state index contributed by atoms with van der Waals surface area (Å²) in [6.45, 7) is 3.59. The van der Waals surface area contributed by atoms with Crippen molar-refractivity contribution in [3.05, 3.63) is 29.3 Å². The summed E-state index contributed by atoms with van der Waals surface area (Å²) in [5.41, 5.74) is 0.771. The molecule has 0 aliphatic carbocycles. The van der Waals surface area contributed by atoms with Gasteiger partial charge in [0, 0.05) is 36.3 Å². The zero-order valence-electron chi connectivity index (χ0n) is 15.7. The number of hydrogen-bond acceptors (Lipinski definition) is 3. The van der Waals surface area contributed by atoms with Crippen LogP contribution in [0.3, 0.4) is 0 Å². The molecule has 1 N–H and O–H groups in total. The van der Waals surface area contributed by atoms with Gasteiger partial charge in [-0.05, 0) is 62.9 Å². The first-order valence-corrected chi connectivity index (χ1v) is 10.6. The molecule has 27 heavy (non-hydrogen) atoms. The minimum atomic E-state index is -0.275. The van der Waals surface area contributed by atoms with E-state index in [1.807, 2.05) is 12.1 Å². The summed E-state index contributed by atoms with van der Waals surface area (Å²) in [5, 5.41) is 3.76. The second-order valence-corrected chi connectivity index (χ2v) is 8.57. The Bertz CT molecular complexity index is 708. The highest BCUT2D eigenvalue weighted by Crippen LogP contribution is 2.31. The van der Waals surface area contributed by atoms with Gasteiger partial charge in [-0.1, -0.05) is 24.1 Å². The van der Waals surface area contributed by atoms with Crippen LogP contribution in [0.4, 0.5) is 5.69 Å². The highest BCUT2D eigenvalue weighted by atomic mass is 35.5. The lowest BCUT2D eigenvalue weighted by Crippen LogP contribution is -2.51. The van der Waals surface area contributed by atoms with Crippen LogP contribution in [-0.4, -0.2) is 48.9 Å². The third kappa shape index (κ3) is 4.14. The first-order chi connectivity index (χ1) is 13.1. The molecule has 3 atom stereocenters. The zero-order chi connectivity index (χ0) is 18.8. The molecule has 0 saturated carbocycles. The lowest BCUT2D eigenvalue weighted by atomic mass is 9.83. The van der Waals surface area contributed by atoms with Crippen LogP contribution in [0.5, 0.6) is 0 Å². The van der Waals surface area contributed by atoms with Crippen LogP contribution in [0.1, 0.15) is 38.5 Å². The van der Waals surface area contributed by atoms with Crippen molar-refractivity contribution >= 4 is 29.1 Å². The van der Waals surface area contributed by atoms with E-state index in [1.165, 1.54) is 45.2 Å². The fraction of sp³-hybridized carbons (Fsp3) is 0.619. The Morgan fingerprint density at radius 3 is 2.89 bits per heavy atom. The number of carbonyl (C=O) groups excluding carboxylic acids is 2. The third-order valence-electron chi connectivity index (χ3n) is 6.38. The first kappa shape index (κ1) is 18.8. The molecule has 4 rings (SSSR count). The quantitative estimate of drug-likeness (QED) is 0.861. The lowest BCUT2D eigenvalue weighted by molar-refractivity contribution is -0.126. The molecule has 146 valence electrons. The number of nitrogens with one attached hydrogen (secondary N) is 1. The van der Waals surface area contributed by atoms with Gasteiger partial charge in [0.15, 0.2) is 0 Å². The summed E-state index contributed by atoms with van der Waals surface area (Å²) < 4.78 is 0. The van der Waals surface area contributed by atoms with Crippen LogP contribution >= 0.6 is 11.6 Å². The van der Waals surface area contributed by atoms with Gasteiger partial charge in [-0.3, -0.25) is 9.59 Å². The molecule has 5 nitrogen and oxygen atoms in total. The van der Waals surface area contributed by atoms with Crippen molar-refractivity contribution < 1.29 is 9.59 Å². The Kier molecular flexibility index (Phi) is 5.69. The van der Waals surface area contributed by atoms with Crippen molar-refractivity contribution in [2.75, 3.05) is 31.1 Å². The fourth-order valence-corrected chi connectivity index (χ4v) is 5.15. The topological polar surface area (TPSA) is 52.7 Å². The molecule has 3 fully saturated rings. The number of rotatable bonds is 4. The maximum atomic E-state index is 12.7. The minimum Gasteiger partial charge on any atom is -0.355 e. The van der Waals surface area contributed by atoms with Crippen molar-refractivity contribution in [1.29, 1.82) is 0 Å². The molecular formula is C21H28ClN3O2. The maximum absolute atomic E-state index is 12.7. The molecule has 1 aromatic rings. The number of benzene rings is 1. The van der Waals surface area contributed by atoms with Crippen molar-refractivity contribution in [3.63, 3.8) is 0 Å². The smallest absolute Gasteiger partial charge is 0.227 e. The van der Waals surface area contributed by atoms with Crippen LogP contribution in [0.25, 0.3) is 0 Å². The zero-order valence-corrected chi connectivity index (χ0v) is 16.5. The Hall–Kier alpha value is -1.59. The molecule has 6 heteroatoms. The van der Waals surface area contributed by atoms with E-state index >= 15 is 0 Å². The summed E-state index contributed by atoms with van der Waals surface area (Å²) in [5.74, 6) is 0.279. The molecule has 3 heterocycles. The van der Waals surface area contributed by atoms with Gasteiger partial charge in [0.25, 0.3) is 0 Å². The molecule has 3 saturated heterocycles. The van der Waals surface area contributed by atoms with Gasteiger partial charge in [0.1, 0.15) is 0 Å². The van der Waals surface area contributed by atoms with Gasteiger partial charge in [-0.15, -0.1) is 0 Å². The van der Waals surface area contributed by atoms with Crippen LogP contribution in [-0.2, 0) is 9.59 Å². The molecule has 3 aliphatic rings. The van der Waals surface area contributed by atoms with E-state index in [0.717, 1.165) is 12.2 Å². The monoisotopic (exact) mass is 389 g/mol. The summed E-state index contributed by atoms with van der Waals surface area (Å²) in [7, 11) is 0. The summed E-state index contributed by atoms with van der Waals surface area (Å²) in [6, 6.07) is 7.88. The van der Waals surface area contributed by atoms with E-state index in [4.69, 9.17) is 11.6 Å². The molecule has 0 spiro atoms. The van der Waals surface area contributed by atoms with Crippen LogP contribution in [0.15, 0.2) is 24.3 Å². The molecular weight excluding hydrogens is 362 g/mol. The highest BCUT2D eigenvalue weighted by molar-refractivity contribution is 6.30. The molecule has 3 aliphatic heterocycles. The van der Waals surface area contributed by atoms with Crippen LogP contribution in [0, 0.1) is 11.8 Å². The number of nitrogens with zero attached hydrogens (tertiary/aromatic N) is 2. The summed E-state index contributed by atoms with van der Waals surface area (Å²) >= 11 is 6.04. The van der Waals surface area contributed by atoms with Crippen molar-refractivity contribution in [1.82, 2.24) is 10.2 Å². The number of piperidine rings is 2. The van der Waals surface area contributed by atoms with Gasteiger partial charge in [0.05, 0.1) is 5.92 Å². The molecule has 1 unspecified atom stereocenters. The molecule has 1 aromatic carbocycles. The lowest BCUT2D eigenvalue weighted by Gasteiger charge is -2.44. The Balaban J connectivity index is 1.33. The van der Waals surface area contributed by atoms with Gasteiger partial charge in [-0.25, -0.2) is 0 Å². The Morgan fingerprint density at radius 1 is 1.19 bits per heavy atom. The van der Waals surface area contributed by atoms with Crippen molar-refractivity contribution in [2.45, 2.75) is 44.6 Å². The Morgan fingerprint density at radius 2 is 2.04 bits per heavy atom. The second kappa shape index (κ2) is 8.19. The van der Waals surface area contributed by atoms with E-state index in [9.17, 15) is 9.59 Å². The van der Waals surface area contributed by atoms with E-state index in [0.29, 0.717) is 23.5 Å². The van der Waals surface area contributed by atoms with Gasteiger partial charge >= 0.3 is 0 Å². The maximum Gasteiger partial charge on any atom is 0.227 e. The van der Waals surface area contributed by atoms with Gasteiger partial charge in [-0.2, -0.15) is 0 Å². The molecule has 0 radical (unpaired) electrons. The second-order valence-electron chi connectivity index (χ2n) is 8.13.